The predicted molar refractivity (Wildman–Crippen MR) is 52.1 cm³/mol. The molecule has 78 valence electrons. The number of imidazole rings is 1. The van der Waals surface area contributed by atoms with Crippen molar-refractivity contribution < 1.29 is 0 Å². The summed E-state index contributed by atoms with van der Waals surface area (Å²) < 4.78 is 1.96. The molecule has 0 N–H and O–H groups in total. The lowest BCUT2D eigenvalue weighted by molar-refractivity contribution is 0.541. The summed E-state index contributed by atoms with van der Waals surface area (Å²) in [6.07, 6.45) is 6.09. The van der Waals surface area contributed by atoms with Crippen LogP contribution in [0.2, 0.25) is 0 Å². The molecule has 1 aliphatic rings. The van der Waals surface area contributed by atoms with E-state index < -0.39 is 0 Å². The summed E-state index contributed by atoms with van der Waals surface area (Å²) in [7, 11) is 1.96. The molecule has 15 heavy (non-hydrogen) atoms. The van der Waals surface area contributed by atoms with E-state index in [1.54, 1.807) is 11.0 Å². The van der Waals surface area contributed by atoms with Gasteiger partial charge < -0.3 is 4.57 Å². The standard InChI is InChI=1S/C9H12N6/c1-14-5-4-10-8(14)6-15-12-9(11-13-15)7-2-3-7/h4-5,7H,2-3,6H2,1H3. The molecular formula is C9H12N6. The molecular weight excluding hydrogens is 192 g/mol. The van der Waals surface area contributed by atoms with Gasteiger partial charge in [0.25, 0.3) is 0 Å². The van der Waals surface area contributed by atoms with Crippen LogP contribution in [0.15, 0.2) is 12.4 Å². The van der Waals surface area contributed by atoms with Gasteiger partial charge in [0.2, 0.25) is 0 Å². The maximum Gasteiger partial charge on any atom is 0.177 e. The Hall–Kier alpha value is -1.72. The molecule has 3 rings (SSSR count). The largest absolute Gasteiger partial charge is 0.336 e. The fraction of sp³-hybridized carbons (Fsp3) is 0.556. The Morgan fingerprint density at radius 3 is 3.00 bits per heavy atom. The Morgan fingerprint density at radius 2 is 2.33 bits per heavy atom. The minimum atomic E-state index is 0.556. The third-order valence-corrected chi connectivity index (χ3v) is 2.61. The molecule has 0 unspecified atom stereocenters. The first-order chi connectivity index (χ1) is 7.33. The molecule has 2 heterocycles. The highest BCUT2D eigenvalue weighted by atomic mass is 15.6. The van der Waals surface area contributed by atoms with Gasteiger partial charge in [-0.05, 0) is 18.1 Å². The fourth-order valence-corrected chi connectivity index (χ4v) is 1.50. The second kappa shape index (κ2) is 3.15. The van der Waals surface area contributed by atoms with Gasteiger partial charge in [-0.25, -0.2) is 4.98 Å². The minimum Gasteiger partial charge on any atom is -0.336 e. The van der Waals surface area contributed by atoms with Crippen LogP contribution < -0.4 is 0 Å². The van der Waals surface area contributed by atoms with Gasteiger partial charge in [0, 0.05) is 25.4 Å². The van der Waals surface area contributed by atoms with Gasteiger partial charge in [-0.2, -0.15) is 4.80 Å². The SMILES string of the molecule is Cn1ccnc1Cn1nnc(C2CC2)n1. The monoisotopic (exact) mass is 204 g/mol. The molecule has 0 aliphatic heterocycles. The Labute approximate surface area is 86.9 Å². The zero-order valence-corrected chi connectivity index (χ0v) is 8.54. The number of nitrogens with zero attached hydrogens (tertiary/aromatic N) is 6. The van der Waals surface area contributed by atoms with Crippen LogP contribution in [0.25, 0.3) is 0 Å². The molecule has 0 radical (unpaired) electrons. The minimum absolute atomic E-state index is 0.556. The average molecular weight is 204 g/mol. The quantitative estimate of drug-likeness (QED) is 0.723. The van der Waals surface area contributed by atoms with Gasteiger partial charge in [0.15, 0.2) is 5.82 Å². The van der Waals surface area contributed by atoms with E-state index in [0.29, 0.717) is 12.5 Å². The van der Waals surface area contributed by atoms with Crippen LogP contribution in [0.3, 0.4) is 0 Å². The van der Waals surface area contributed by atoms with E-state index in [0.717, 1.165) is 11.6 Å². The summed E-state index contributed by atoms with van der Waals surface area (Å²) in [5.74, 6) is 2.37. The zero-order valence-electron chi connectivity index (χ0n) is 8.54. The van der Waals surface area contributed by atoms with Crippen molar-refractivity contribution in [2.24, 2.45) is 7.05 Å². The van der Waals surface area contributed by atoms with Gasteiger partial charge in [0.1, 0.15) is 12.4 Å². The van der Waals surface area contributed by atoms with E-state index in [2.05, 4.69) is 20.4 Å². The van der Waals surface area contributed by atoms with Gasteiger partial charge in [-0.1, -0.05) is 0 Å². The van der Waals surface area contributed by atoms with Crippen molar-refractivity contribution in [2.45, 2.75) is 25.3 Å². The van der Waals surface area contributed by atoms with E-state index in [1.165, 1.54) is 12.8 Å². The summed E-state index contributed by atoms with van der Waals surface area (Å²) in [4.78, 5) is 5.82. The molecule has 0 aromatic carbocycles. The lowest BCUT2D eigenvalue weighted by atomic mass is 10.4. The van der Waals surface area contributed by atoms with Crippen molar-refractivity contribution in [3.05, 3.63) is 24.0 Å². The molecule has 0 saturated heterocycles. The number of aromatic nitrogens is 6. The van der Waals surface area contributed by atoms with Crippen LogP contribution in [0.5, 0.6) is 0 Å². The highest BCUT2D eigenvalue weighted by molar-refractivity contribution is 5.01. The smallest absolute Gasteiger partial charge is 0.177 e. The summed E-state index contributed by atoms with van der Waals surface area (Å²) in [6, 6.07) is 0. The maximum atomic E-state index is 4.33. The second-order valence-corrected chi connectivity index (χ2v) is 3.91. The van der Waals surface area contributed by atoms with Crippen LogP contribution in [0.4, 0.5) is 0 Å². The Balaban J connectivity index is 1.79. The molecule has 6 heteroatoms. The van der Waals surface area contributed by atoms with Crippen LogP contribution in [-0.2, 0) is 13.6 Å². The van der Waals surface area contributed by atoms with E-state index in [4.69, 9.17) is 0 Å². The van der Waals surface area contributed by atoms with Gasteiger partial charge >= 0.3 is 0 Å². The number of rotatable bonds is 3. The van der Waals surface area contributed by atoms with Crippen molar-refractivity contribution in [3.8, 4) is 0 Å². The van der Waals surface area contributed by atoms with Gasteiger partial charge in [-0.15, -0.1) is 10.2 Å². The first-order valence-corrected chi connectivity index (χ1v) is 5.07. The summed E-state index contributed by atoms with van der Waals surface area (Å²) in [5.41, 5.74) is 0. The van der Waals surface area contributed by atoms with Crippen molar-refractivity contribution in [1.29, 1.82) is 0 Å². The molecule has 1 saturated carbocycles. The highest BCUT2D eigenvalue weighted by Crippen LogP contribution is 2.37. The third-order valence-electron chi connectivity index (χ3n) is 2.61. The lowest BCUT2D eigenvalue weighted by Crippen LogP contribution is -2.08. The summed E-state index contributed by atoms with van der Waals surface area (Å²) >= 11 is 0. The van der Waals surface area contributed by atoms with Gasteiger partial charge in [0.05, 0.1) is 0 Å². The molecule has 0 spiro atoms. The number of tetrazole rings is 1. The average Bonchev–Trinajstić information content (AvgIpc) is 2.86. The van der Waals surface area contributed by atoms with E-state index in [9.17, 15) is 0 Å². The van der Waals surface area contributed by atoms with E-state index in [1.807, 2.05) is 17.8 Å². The third kappa shape index (κ3) is 1.62. The zero-order chi connectivity index (χ0) is 10.3. The molecule has 0 amide bonds. The molecule has 1 aliphatic carbocycles. The number of aryl methyl sites for hydroxylation is 1. The molecule has 0 bridgehead atoms. The maximum absolute atomic E-state index is 4.33. The Morgan fingerprint density at radius 1 is 1.47 bits per heavy atom. The Bertz CT molecular complexity index is 466. The van der Waals surface area contributed by atoms with Crippen LogP contribution in [0, 0.1) is 0 Å². The first-order valence-electron chi connectivity index (χ1n) is 5.07. The van der Waals surface area contributed by atoms with Crippen molar-refractivity contribution in [1.82, 2.24) is 29.8 Å². The van der Waals surface area contributed by atoms with E-state index in [-0.39, 0.29) is 0 Å². The predicted octanol–water partition coefficient (Wildman–Crippen LogP) is 0.332. The lowest BCUT2D eigenvalue weighted by Gasteiger charge is -1.98. The van der Waals surface area contributed by atoms with Gasteiger partial charge in [-0.3, -0.25) is 0 Å². The molecule has 0 atom stereocenters. The van der Waals surface area contributed by atoms with Crippen molar-refractivity contribution in [3.63, 3.8) is 0 Å². The van der Waals surface area contributed by atoms with Crippen LogP contribution in [-0.4, -0.2) is 29.8 Å². The van der Waals surface area contributed by atoms with Crippen LogP contribution >= 0.6 is 0 Å². The van der Waals surface area contributed by atoms with E-state index >= 15 is 0 Å². The Kier molecular flexibility index (Phi) is 1.80. The second-order valence-electron chi connectivity index (χ2n) is 3.91. The fourth-order valence-electron chi connectivity index (χ4n) is 1.50. The molecule has 6 nitrogen and oxygen atoms in total. The molecule has 2 aromatic heterocycles. The van der Waals surface area contributed by atoms with Crippen molar-refractivity contribution in [2.75, 3.05) is 0 Å². The highest BCUT2D eigenvalue weighted by Gasteiger charge is 2.28. The summed E-state index contributed by atoms with van der Waals surface area (Å²) in [6.45, 7) is 0.587. The van der Waals surface area contributed by atoms with Crippen molar-refractivity contribution >= 4 is 0 Å². The molecule has 2 aromatic rings. The number of hydrogen-bond donors (Lipinski definition) is 0. The summed E-state index contributed by atoms with van der Waals surface area (Å²) in [5, 5.41) is 12.4. The first kappa shape index (κ1) is 8.58. The number of hydrogen-bond acceptors (Lipinski definition) is 4. The normalized spacial score (nSPS) is 15.8. The molecule has 1 fully saturated rings. The van der Waals surface area contributed by atoms with Crippen LogP contribution in [0.1, 0.15) is 30.4 Å². The topological polar surface area (TPSA) is 61.4 Å².